The molecular weight excluding hydrogens is 102 g/mol. The van der Waals surface area contributed by atoms with E-state index in [1.807, 2.05) is 0 Å². The van der Waals surface area contributed by atoms with E-state index in [4.69, 9.17) is 13.1 Å². The average molecular weight is 102 g/mol. The molecule has 0 aromatic rings. The monoisotopic (exact) mass is 102 g/mol. The summed E-state index contributed by atoms with van der Waals surface area (Å²) in [6.45, 7) is 11.3. The van der Waals surface area contributed by atoms with Gasteiger partial charge in [0.2, 0.25) is 0 Å². The molecule has 0 aliphatic rings. The highest BCUT2D eigenvalue weighted by Crippen LogP contribution is 2.14. The van der Waals surface area contributed by atoms with Gasteiger partial charge in [0.25, 0.3) is 0 Å². The van der Waals surface area contributed by atoms with Crippen molar-refractivity contribution in [3.05, 3.63) is 22.8 Å². The summed E-state index contributed by atoms with van der Waals surface area (Å²) < 4.78 is 22.3. The molecule has 0 atom stereocenters. The van der Waals surface area contributed by atoms with Crippen LogP contribution in [0.25, 0.3) is 9.69 Å². The predicted molar refractivity (Wildman–Crippen MR) is 18.2 cm³/mol. The van der Waals surface area contributed by atoms with Gasteiger partial charge in [-0.2, -0.15) is 9.69 Å². The number of alkyl halides is 2. The van der Waals surface area contributed by atoms with Gasteiger partial charge in [-0.05, 0) is 8.78 Å². The molecule has 0 spiro atoms. The molecule has 4 heteroatoms. The smallest absolute Gasteiger partial charge is 0.217 e. The fourth-order valence-corrected chi connectivity index (χ4v) is 0.0250. The molecule has 0 saturated heterocycles. The van der Waals surface area contributed by atoms with Gasteiger partial charge in [0.1, 0.15) is 0 Å². The SMILES string of the molecule is [C-]#[N+]C(F)(F)[N+]#[C-]. The van der Waals surface area contributed by atoms with Crippen LogP contribution in [0, 0.1) is 13.1 Å². The van der Waals surface area contributed by atoms with Crippen LogP contribution >= 0.6 is 0 Å². The molecule has 2 nitrogen and oxygen atoms in total. The maximum atomic E-state index is 11.2. The van der Waals surface area contributed by atoms with E-state index in [1.54, 1.807) is 9.69 Å². The van der Waals surface area contributed by atoms with E-state index in [9.17, 15) is 8.78 Å². The van der Waals surface area contributed by atoms with E-state index in [2.05, 4.69) is 0 Å². The van der Waals surface area contributed by atoms with Gasteiger partial charge in [-0.15, -0.1) is 0 Å². The van der Waals surface area contributed by atoms with E-state index in [0.717, 1.165) is 0 Å². The summed E-state index contributed by atoms with van der Waals surface area (Å²) in [6, 6.07) is 0. The lowest BCUT2D eigenvalue weighted by Gasteiger charge is -1.76. The fourth-order valence-electron chi connectivity index (χ4n) is 0.0250. The molecule has 0 bridgehead atoms. The van der Waals surface area contributed by atoms with Gasteiger partial charge in [0.15, 0.2) is 0 Å². The van der Waals surface area contributed by atoms with Crippen molar-refractivity contribution in [3.63, 3.8) is 0 Å². The van der Waals surface area contributed by atoms with Crippen LogP contribution in [0.5, 0.6) is 0 Å². The summed E-state index contributed by atoms with van der Waals surface area (Å²) in [7, 11) is 0. The summed E-state index contributed by atoms with van der Waals surface area (Å²) in [5.41, 5.74) is 0. The molecule has 0 fully saturated rings. The van der Waals surface area contributed by atoms with Crippen LogP contribution in [0.1, 0.15) is 0 Å². The maximum absolute atomic E-state index is 11.2. The molecule has 0 N–H and O–H groups in total. The Labute approximate surface area is 39.0 Å². The summed E-state index contributed by atoms with van der Waals surface area (Å²) in [5, 5.41) is 0. The van der Waals surface area contributed by atoms with Gasteiger partial charge in [0.05, 0.1) is 0 Å². The highest BCUT2D eigenvalue weighted by atomic mass is 19.3. The van der Waals surface area contributed by atoms with Crippen LogP contribution in [-0.2, 0) is 0 Å². The van der Waals surface area contributed by atoms with E-state index in [-0.39, 0.29) is 0 Å². The Morgan fingerprint density at radius 3 is 1.43 bits per heavy atom. The van der Waals surface area contributed by atoms with Crippen molar-refractivity contribution in [3.8, 4) is 0 Å². The minimum absolute atomic E-state index is 1.70. The second kappa shape index (κ2) is 1.53. The normalized spacial score (nSPS) is 9.14. The van der Waals surface area contributed by atoms with Crippen molar-refractivity contribution in [2.24, 2.45) is 0 Å². The van der Waals surface area contributed by atoms with Crippen molar-refractivity contribution in [1.29, 1.82) is 0 Å². The largest absolute Gasteiger partial charge is 0.841 e. The summed E-state index contributed by atoms with van der Waals surface area (Å²) in [4.78, 5) is 3.40. The zero-order chi connectivity index (χ0) is 5.91. The molecule has 0 aliphatic heterocycles. The number of hydrogen-bond acceptors (Lipinski definition) is 0. The second-order valence-corrected chi connectivity index (χ2v) is 0.733. The first-order valence-electron chi connectivity index (χ1n) is 1.27. The molecule has 7 heavy (non-hydrogen) atoms. The minimum atomic E-state index is -3.83. The number of rotatable bonds is 0. The summed E-state index contributed by atoms with van der Waals surface area (Å²) >= 11 is 0. The van der Waals surface area contributed by atoms with Gasteiger partial charge >= 0.3 is 6.17 Å². The second-order valence-electron chi connectivity index (χ2n) is 0.733. The highest BCUT2D eigenvalue weighted by molar-refractivity contribution is 4.84. The van der Waals surface area contributed by atoms with Crippen LogP contribution in [-0.4, -0.2) is 6.17 Å². The Morgan fingerprint density at radius 2 is 1.43 bits per heavy atom. The fraction of sp³-hybridized carbons (Fsp3) is 0.333. The first kappa shape index (κ1) is 5.84. The molecule has 36 valence electrons. The van der Waals surface area contributed by atoms with E-state index in [0.29, 0.717) is 0 Å². The third-order valence-corrected chi connectivity index (χ3v) is 0.269. The van der Waals surface area contributed by atoms with Gasteiger partial charge in [0, 0.05) is 0 Å². The van der Waals surface area contributed by atoms with Crippen LogP contribution < -0.4 is 0 Å². The Balaban J connectivity index is 4.00. The average Bonchev–Trinajstić information content (AvgIpc) is 1.68. The molecule has 0 amide bonds. The van der Waals surface area contributed by atoms with Crippen molar-refractivity contribution in [1.82, 2.24) is 0 Å². The van der Waals surface area contributed by atoms with Gasteiger partial charge in [-0.1, -0.05) is 0 Å². The zero-order valence-corrected chi connectivity index (χ0v) is 3.15. The molecule has 0 heterocycles. The third kappa shape index (κ3) is 1.67. The lowest BCUT2D eigenvalue weighted by Crippen LogP contribution is -1.98. The highest BCUT2D eigenvalue weighted by Gasteiger charge is 2.45. The zero-order valence-electron chi connectivity index (χ0n) is 3.15. The van der Waals surface area contributed by atoms with E-state index < -0.39 is 6.17 Å². The number of nitrogens with zero attached hydrogens (tertiary/aromatic N) is 2. The third-order valence-electron chi connectivity index (χ3n) is 0.269. The Kier molecular flexibility index (Phi) is 1.27. The first-order valence-corrected chi connectivity index (χ1v) is 1.27. The van der Waals surface area contributed by atoms with Crippen molar-refractivity contribution < 1.29 is 8.78 Å². The first-order chi connectivity index (χ1) is 3.12. The van der Waals surface area contributed by atoms with Gasteiger partial charge < -0.3 is 0 Å². The molecule has 0 saturated carbocycles. The van der Waals surface area contributed by atoms with E-state index >= 15 is 0 Å². The van der Waals surface area contributed by atoms with Crippen LogP contribution in [0.3, 0.4) is 0 Å². The lowest BCUT2D eigenvalue weighted by molar-refractivity contribution is 0.105. The van der Waals surface area contributed by atoms with Crippen molar-refractivity contribution in [2.75, 3.05) is 0 Å². The standard InChI is InChI=1S/C3F2N2/c1-6-3(4,5)7-2. The Morgan fingerprint density at radius 1 is 1.14 bits per heavy atom. The molecule has 0 unspecified atom stereocenters. The Hall–Kier alpha value is -1.16. The minimum Gasteiger partial charge on any atom is -0.217 e. The predicted octanol–water partition coefficient (Wildman–Crippen LogP) is 1.38. The number of halogens is 2. The molecular formula is C3F2N2. The molecule has 0 aromatic heterocycles. The molecule has 0 rings (SSSR count). The van der Waals surface area contributed by atoms with Crippen LogP contribution in [0.4, 0.5) is 8.78 Å². The summed E-state index contributed by atoms with van der Waals surface area (Å²) in [5.74, 6) is 0. The topological polar surface area (TPSA) is 8.72 Å². The molecule has 0 aliphatic carbocycles. The van der Waals surface area contributed by atoms with Crippen molar-refractivity contribution >= 4 is 0 Å². The van der Waals surface area contributed by atoms with Crippen LogP contribution in [0.2, 0.25) is 0 Å². The Bertz CT molecular complexity index is 122. The summed E-state index contributed by atoms with van der Waals surface area (Å²) in [6.07, 6.45) is -3.83. The van der Waals surface area contributed by atoms with Gasteiger partial charge in [-0.3, -0.25) is 0 Å². The van der Waals surface area contributed by atoms with Gasteiger partial charge in [-0.25, -0.2) is 13.1 Å². The molecule has 0 aromatic carbocycles. The van der Waals surface area contributed by atoms with Crippen molar-refractivity contribution in [2.45, 2.75) is 6.17 Å². The van der Waals surface area contributed by atoms with E-state index in [1.165, 1.54) is 0 Å². The van der Waals surface area contributed by atoms with Crippen LogP contribution in [0.15, 0.2) is 0 Å². The molecule has 0 radical (unpaired) electrons. The maximum Gasteiger partial charge on any atom is 0.841 e. The number of hydrogen-bond donors (Lipinski definition) is 0. The lowest BCUT2D eigenvalue weighted by atomic mass is 11.0. The quantitative estimate of drug-likeness (QED) is 0.322.